The standard InChI is InChI=1S/C24H24ClN3S/c1-15(2)18-10-12-19(13-11-18)20-16(3)29-23-21(20)22(26-24(25)27-23)28(4)14-17-8-6-5-7-9-17/h5-13,15H,14H2,1-4H3. The van der Waals surface area contributed by atoms with E-state index in [0.29, 0.717) is 5.92 Å². The van der Waals surface area contributed by atoms with Crippen LogP contribution in [0.15, 0.2) is 54.6 Å². The molecule has 0 aliphatic carbocycles. The van der Waals surface area contributed by atoms with Crippen LogP contribution in [0.3, 0.4) is 0 Å². The molecule has 2 aromatic heterocycles. The number of hydrogen-bond acceptors (Lipinski definition) is 4. The van der Waals surface area contributed by atoms with Crippen LogP contribution in [0.5, 0.6) is 0 Å². The Hall–Kier alpha value is -2.43. The molecule has 0 saturated heterocycles. The van der Waals surface area contributed by atoms with Gasteiger partial charge in [0.2, 0.25) is 5.28 Å². The molecule has 2 heterocycles. The van der Waals surface area contributed by atoms with Gasteiger partial charge in [0.1, 0.15) is 10.6 Å². The van der Waals surface area contributed by atoms with Crippen molar-refractivity contribution in [1.82, 2.24) is 9.97 Å². The summed E-state index contributed by atoms with van der Waals surface area (Å²) in [6, 6.07) is 19.2. The van der Waals surface area contributed by atoms with Crippen LogP contribution in [0.25, 0.3) is 21.3 Å². The molecule has 0 unspecified atom stereocenters. The molecule has 0 amide bonds. The van der Waals surface area contributed by atoms with Gasteiger partial charge in [0.05, 0.1) is 5.39 Å². The molecule has 0 radical (unpaired) electrons. The molecular formula is C24H24ClN3S. The summed E-state index contributed by atoms with van der Waals surface area (Å²) >= 11 is 7.97. The van der Waals surface area contributed by atoms with Crippen LogP contribution in [0.2, 0.25) is 5.28 Å². The van der Waals surface area contributed by atoms with Crippen molar-refractivity contribution < 1.29 is 0 Å². The molecule has 5 heteroatoms. The first kappa shape index (κ1) is 19.9. The number of aryl methyl sites for hydroxylation is 1. The Morgan fingerprint density at radius 1 is 1.00 bits per heavy atom. The van der Waals surface area contributed by atoms with Gasteiger partial charge in [0.15, 0.2) is 0 Å². The van der Waals surface area contributed by atoms with E-state index in [1.807, 2.05) is 6.07 Å². The van der Waals surface area contributed by atoms with Gasteiger partial charge in [-0.2, -0.15) is 4.98 Å². The molecule has 2 aromatic carbocycles. The largest absolute Gasteiger partial charge is 0.355 e. The molecule has 0 spiro atoms. The Morgan fingerprint density at radius 3 is 2.34 bits per heavy atom. The number of fused-ring (bicyclic) bond motifs is 1. The summed E-state index contributed by atoms with van der Waals surface area (Å²) < 4.78 is 0. The Morgan fingerprint density at radius 2 is 1.69 bits per heavy atom. The molecular weight excluding hydrogens is 398 g/mol. The smallest absolute Gasteiger partial charge is 0.225 e. The molecule has 148 valence electrons. The topological polar surface area (TPSA) is 29.0 Å². The summed E-state index contributed by atoms with van der Waals surface area (Å²) in [5.41, 5.74) is 4.96. The van der Waals surface area contributed by atoms with Crippen molar-refractivity contribution in [3.05, 3.63) is 75.9 Å². The lowest BCUT2D eigenvalue weighted by Gasteiger charge is -2.20. The fraction of sp³-hybridized carbons (Fsp3) is 0.250. The summed E-state index contributed by atoms with van der Waals surface area (Å²) in [5.74, 6) is 1.38. The molecule has 3 nitrogen and oxygen atoms in total. The summed E-state index contributed by atoms with van der Waals surface area (Å²) in [6.45, 7) is 7.33. The summed E-state index contributed by atoms with van der Waals surface area (Å²) in [6.07, 6.45) is 0. The molecule has 0 aliphatic rings. The number of thiophene rings is 1. The Labute approximate surface area is 181 Å². The predicted molar refractivity (Wildman–Crippen MR) is 125 cm³/mol. The van der Waals surface area contributed by atoms with Gasteiger partial charge < -0.3 is 4.90 Å². The summed E-state index contributed by atoms with van der Waals surface area (Å²) in [4.78, 5) is 13.5. The minimum atomic E-state index is 0.287. The van der Waals surface area contributed by atoms with E-state index in [2.05, 4.69) is 91.2 Å². The van der Waals surface area contributed by atoms with Gasteiger partial charge >= 0.3 is 0 Å². The zero-order valence-corrected chi connectivity index (χ0v) is 18.7. The molecule has 4 rings (SSSR count). The average Bonchev–Trinajstić information content (AvgIpc) is 3.03. The maximum atomic E-state index is 6.29. The van der Waals surface area contributed by atoms with Crippen molar-refractivity contribution in [2.24, 2.45) is 0 Å². The Balaban J connectivity index is 1.84. The van der Waals surface area contributed by atoms with Crippen molar-refractivity contribution in [1.29, 1.82) is 0 Å². The van der Waals surface area contributed by atoms with Gasteiger partial charge in [0.25, 0.3) is 0 Å². The third-order valence-corrected chi connectivity index (χ3v) is 6.34. The Kier molecular flexibility index (Phi) is 5.57. The van der Waals surface area contributed by atoms with Crippen molar-refractivity contribution in [3.63, 3.8) is 0 Å². The Bertz CT molecular complexity index is 1130. The van der Waals surface area contributed by atoms with Crippen LogP contribution < -0.4 is 4.90 Å². The van der Waals surface area contributed by atoms with E-state index < -0.39 is 0 Å². The molecule has 0 bridgehead atoms. The summed E-state index contributed by atoms with van der Waals surface area (Å²) in [7, 11) is 2.06. The third kappa shape index (κ3) is 4.00. The van der Waals surface area contributed by atoms with Crippen LogP contribution in [-0.4, -0.2) is 17.0 Å². The number of hydrogen-bond donors (Lipinski definition) is 0. The molecule has 0 N–H and O–H groups in total. The van der Waals surface area contributed by atoms with Crippen molar-refractivity contribution in [2.45, 2.75) is 33.2 Å². The second kappa shape index (κ2) is 8.13. The maximum Gasteiger partial charge on any atom is 0.225 e. The van der Waals surface area contributed by atoms with Gasteiger partial charge in [-0.05, 0) is 41.1 Å². The van der Waals surface area contributed by atoms with Crippen LogP contribution in [0, 0.1) is 6.92 Å². The van der Waals surface area contributed by atoms with Gasteiger partial charge in [-0.1, -0.05) is 68.4 Å². The molecule has 29 heavy (non-hydrogen) atoms. The number of anilines is 1. The normalized spacial score (nSPS) is 11.4. The van der Waals surface area contributed by atoms with Gasteiger partial charge in [-0.3, -0.25) is 0 Å². The van der Waals surface area contributed by atoms with E-state index >= 15 is 0 Å². The predicted octanol–water partition coefficient (Wildman–Crippen LogP) is 7.08. The van der Waals surface area contributed by atoms with Crippen molar-refractivity contribution in [3.8, 4) is 11.1 Å². The van der Waals surface area contributed by atoms with E-state index in [-0.39, 0.29) is 5.28 Å². The first-order valence-electron chi connectivity index (χ1n) is 9.76. The number of nitrogens with zero attached hydrogens (tertiary/aromatic N) is 3. The number of halogens is 1. The van der Waals surface area contributed by atoms with Crippen LogP contribution in [-0.2, 0) is 6.54 Å². The lowest BCUT2D eigenvalue weighted by atomic mass is 9.97. The zero-order chi connectivity index (χ0) is 20.5. The highest BCUT2D eigenvalue weighted by Gasteiger charge is 2.20. The first-order chi connectivity index (χ1) is 13.9. The second-order valence-corrected chi connectivity index (χ2v) is 9.19. The maximum absolute atomic E-state index is 6.29. The average molecular weight is 422 g/mol. The molecule has 0 saturated carbocycles. The number of aromatic nitrogens is 2. The van der Waals surface area contributed by atoms with Crippen LogP contribution in [0.1, 0.15) is 35.8 Å². The van der Waals surface area contributed by atoms with E-state index in [9.17, 15) is 0 Å². The first-order valence-corrected chi connectivity index (χ1v) is 11.0. The minimum Gasteiger partial charge on any atom is -0.355 e. The molecule has 0 fully saturated rings. The molecule has 0 aliphatic heterocycles. The van der Waals surface area contributed by atoms with Crippen molar-refractivity contribution in [2.75, 3.05) is 11.9 Å². The lowest BCUT2D eigenvalue weighted by Crippen LogP contribution is -2.18. The highest BCUT2D eigenvalue weighted by atomic mass is 35.5. The zero-order valence-electron chi connectivity index (χ0n) is 17.1. The quantitative estimate of drug-likeness (QED) is 0.322. The number of benzene rings is 2. The van der Waals surface area contributed by atoms with Gasteiger partial charge in [-0.15, -0.1) is 11.3 Å². The van der Waals surface area contributed by atoms with Gasteiger partial charge in [-0.25, -0.2) is 4.98 Å². The van der Waals surface area contributed by atoms with E-state index in [0.717, 1.165) is 22.6 Å². The van der Waals surface area contributed by atoms with Crippen LogP contribution >= 0.6 is 22.9 Å². The lowest BCUT2D eigenvalue weighted by molar-refractivity contribution is 0.867. The summed E-state index contributed by atoms with van der Waals surface area (Å²) in [5, 5.41) is 1.36. The van der Waals surface area contributed by atoms with Crippen LogP contribution in [0.4, 0.5) is 5.82 Å². The van der Waals surface area contributed by atoms with E-state index in [1.165, 1.54) is 27.1 Å². The van der Waals surface area contributed by atoms with Crippen molar-refractivity contribution >= 4 is 39.0 Å². The van der Waals surface area contributed by atoms with Gasteiger partial charge in [0, 0.05) is 24.0 Å². The second-order valence-electron chi connectivity index (χ2n) is 7.65. The minimum absolute atomic E-state index is 0.287. The number of rotatable bonds is 5. The highest BCUT2D eigenvalue weighted by Crippen LogP contribution is 2.42. The fourth-order valence-corrected chi connectivity index (χ4v) is 4.91. The van der Waals surface area contributed by atoms with E-state index in [4.69, 9.17) is 11.6 Å². The molecule has 0 atom stereocenters. The SMILES string of the molecule is Cc1sc2nc(Cl)nc(N(C)Cc3ccccc3)c2c1-c1ccc(C(C)C)cc1. The fourth-order valence-electron chi connectivity index (χ4n) is 3.66. The monoisotopic (exact) mass is 421 g/mol. The molecule has 4 aromatic rings. The van der Waals surface area contributed by atoms with E-state index in [1.54, 1.807) is 11.3 Å². The highest BCUT2D eigenvalue weighted by molar-refractivity contribution is 7.19. The third-order valence-electron chi connectivity index (χ3n) is 5.17.